The average Bonchev–Trinajstić information content (AvgIpc) is 3.48. The van der Waals surface area contributed by atoms with E-state index in [1.54, 1.807) is 0 Å². The number of likely N-dealkylation sites (tertiary alicyclic amines) is 3. The Balaban J connectivity index is 0.000000775. The molecule has 0 unspecified atom stereocenters. The Morgan fingerprint density at radius 2 is 1.84 bits per heavy atom. The SMILES string of the molecule is CN1CC[C@]2(C(=O)N3CCCC3)CCCN(C(=O)c3n[nH]c4ccccc34)[C@H]2C1.O=CO. The second kappa shape index (κ2) is 9.28. The minimum Gasteiger partial charge on any atom is -0.483 e. The number of hydrogen-bond acceptors (Lipinski definition) is 5. The number of carbonyl (C=O) groups is 3. The molecule has 9 nitrogen and oxygen atoms in total. The normalized spacial score (nSPS) is 25.7. The molecule has 0 radical (unpaired) electrons. The molecule has 2 atom stereocenters. The van der Waals surface area contributed by atoms with Crippen molar-refractivity contribution in [2.24, 2.45) is 5.41 Å². The van der Waals surface area contributed by atoms with Gasteiger partial charge in [0, 0.05) is 31.6 Å². The Morgan fingerprint density at radius 3 is 2.59 bits per heavy atom. The Hall–Kier alpha value is -2.94. The lowest BCUT2D eigenvalue weighted by Crippen LogP contribution is -2.66. The number of aromatic nitrogens is 2. The molecule has 1 aromatic heterocycles. The average molecular weight is 442 g/mol. The maximum atomic E-state index is 13.7. The first-order valence-corrected chi connectivity index (χ1v) is 11.3. The van der Waals surface area contributed by atoms with Gasteiger partial charge in [-0.3, -0.25) is 19.5 Å². The summed E-state index contributed by atoms with van der Waals surface area (Å²) >= 11 is 0. The van der Waals surface area contributed by atoms with Crippen molar-refractivity contribution in [3.8, 4) is 0 Å². The third-order valence-electron chi connectivity index (χ3n) is 7.21. The van der Waals surface area contributed by atoms with Crippen LogP contribution in [0.1, 0.15) is 42.6 Å². The van der Waals surface area contributed by atoms with E-state index in [2.05, 4.69) is 27.0 Å². The third-order valence-corrected chi connectivity index (χ3v) is 7.21. The number of likely N-dealkylation sites (N-methyl/N-ethyl adjacent to an activating group) is 1. The number of piperidine rings is 2. The summed E-state index contributed by atoms with van der Waals surface area (Å²) < 4.78 is 0. The summed E-state index contributed by atoms with van der Waals surface area (Å²) in [4.78, 5) is 41.9. The summed E-state index contributed by atoms with van der Waals surface area (Å²) in [6.07, 6.45) is 4.76. The summed E-state index contributed by atoms with van der Waals surface area (Å²) in [5.41, 5.74) is 0.892. The molecule has 3 aliphatic heterocycles. The van der Waals surface area contributed by atoms with Gasteiger partial charge in [-0.1, -0.05) is 18.2 Å². The van der Waals surface area contributed by atoms with Gasteiger partial charge in [-0.15, -0.1) is 0 Å². The van der Waals surface area contributed by atoms with Crippen molar-refractivity contribution in [2.75, 3.05) is 39.8 Å². The van der Waals surface area contributed by atoms with Crippen molar-refractivity contribution >= 4 is 29.2 Å². The summed E-state index contributed by atoms with van der Waals surface area (Å²) in [6.45, 7) is 3.81. The van der Waals surface area contributed by atoms with Crippen molar-refractivity contribution in [3.05, 3.63) is 30.0 Å². The Kier molecular flexibility index (Phi) is 6.45. The zero-order valence-electron chi connectivity index (χ0n) is 18.5. The molecule has 0 saturated carbocycles. The lowest BCUT2D eigenvalue weighted by Gasteiger charge is -2.54. The van der Waals surface area contributed by atoms with Gasteiger partial charge in [-0.2, -0.15) is 5.10 Å². The fourth-order valence-corrected chi connectivity index (χ4v) is 5.62. The minimum atomic E-state index is -0.448. The molecule has 2 aromatic rings. The number of carbonyl (C=O) groups excluding carboxylic acids is 2. The molecule has 9 heteroatoms. The van der Waals surface area contributed by atoms with Crippen LogP contribution in [0, 0.1) is 5.41 Å². The fraction of sp³-hybridized carbons (Fsp3) is 0.565. The summed E-state index contributed by atoms with van der Waals surface area (Å²) in [6, 6.07) is 7.65. The van der Waals surface area contributed by atoms with Crippen LogP contribution in [0.3, 0.4) is 0 Å². The van der Waals surface area contributed by atoms with E-state index in [4.69, 9.17) is 9.90 Å². The lowest BCUT2D eigenvalue weighted by atomic mass is 9.67. The number of hydrogen-bond donors (Lipinski definition) is 2. The highest BCUT2D eigenvalue weighted by Crippen LogP contribution is 2.44. The molecule has 3 aliphatic rings. The van der Waals surface area contributed by atoms with Crippen molar-refractivity contribution in [3.63, 3.8) is 0 Å². The predicted molar refractivity (Wildman–Crippen MR) is 119 cm³/mol. The van der Waals surface area contributed by atoms with E-state index in [-0.39, 0.29) is 24.3 Å². The zero-order chi connectivity index (χ0) is 22.7. The number of benzene rings is 1. The van der Waals surface area contributed by atoms with Crippen LogP contribution in [-0.4, -0.2) is 94.1 Å². The molecular formula is C23H31N5O4. The largest absolute Gasteiger partial charge is 0.483 e. The van der Waals surface area contributed by atoms with Crippen LogP contribution in [0.25, 0.3) is 10.9 Å². The maximum absolute atomic E-state index is 13.7. The minimum absolute atomic E-state index is 0.0546. The zero-order valence-corrected chi connectivity index (χ0v) is 18.5. The van der Waals surface area contributed by atoms with Gasteiger partial charge >= 0.3 is 0 Å². The van der Waals surface area contributed by atoms with E-state index in [0.717, 1.165) is 69.2 Å². The smallest absolute Gasteiger partial charge is 0.290 e. The number of fused-ring (bicyclic) bond motifs is 2. The van der Waals surface area contributed by atoms with Gasteiger partial charge in [0.05, 0.1) is 17.0 Å². The topological polar surface area (TPSA) is 110 Å². The monoisotopic (exact) mass is 441 g/mol. The summed E-state index contributed by atoms with van der Waals surface area (Å²) in [5.74, 6) is 0.221. The maximum Gasteiger partial charge on any atom is 0.290 e. The first-order valence-electron chi connectivity index (χ1n) is 11.3. The number of nitrogens with zero attached hydrogens (tertiary/aromatic N) is 4. The molecule has 0 spiro atoms. The van der Waals surface area contributed by atoms with Crippen LogP contribution >= 0.6 is 0 Å². The van der Waals surface area contributed by atoms with Crippen molar-refractivity contribution in [2.45, 2.75) is 38.1 Å². The predicted octanol–water partition coefficient (Wildman–Crippen LogP) is 1.81. The first kappa shape index (κ1) is 22.3. The number of aromatic amines is 1. The molecule has 0 aliphatic carbocycles. The van der Waals surface area contributed by atoms with Crippen LogP contribution < -0.4 is 0 Å². The third kappa shape index (κ3) is 3.85. The highest BCUT2D eigenvalue weighted by molar-refractivity contribution is 6.05. The van der Waals surface area contributed by atoms with Crippen molar-refractivity contribution in [1.82, 2.24) is 24.9 Å². The molecule has 4 heterocycles. The number of H-pyrrole nitrogens is 1. The highest BCUT2D eigenvalue weighted by atomic mass is 16.3. The second-order valence-electron chi connectivity index (χ2n) is 9.01. The van der Waals surface area contributed by atoms with Gasteiger partial charge in [-0.25, -0.2) is 0 Å². The van der Waals surface area contributed by atoms with E-state index < -0.39 is 5.41 Å². The molecule has 0 bridgehead atoms. The molecule has 3 fully saturated rings. The van der Waals surface area contributed by atoms with E-state index in [0.29, 0.717) is 12.2 Å². The van der Waals surface area contributed by atoms with Crippen LogP contribution in [0.5, 0.6) is 0 Å². The van der Waals surface area contributed by atoms with E-state index in [9.17, 15) is 9.59 Å². The van der Waals surface area contributed by atoms with Gasteiger partial charge in [0.25, 0.3) is 12.4 Å². The number of rotatable bonds is 2. The number of nitrogens with one attached hydrogen (secondary N) is 1. The Morgan fingerprint density at radius 1 is 1.12 bits per heavy atom. The van der Waals surface area contributed by atoms with Crippen molar-refractivity contribution in [1.29, 1.82) is 0 Å². The lowest BCUT2D eigenvalue weighted by molar-refractivity contribution is -0.152. The van der Waals surface area contributed by atoms with Crippen LogP contribution in [0.4, 0.5) is 0 Å². The van der Waals surface area contributed by atoms with Crippen LogP contribution in [0.15, 0.2) is 24.3 Å². The molecule has 5 rings (SSSR count). The number of carboxylic acid groups (broad SMARTS) is 1. The van der Waals surface area contributed by atoms with Crippen LogP contribution in [-0.2, 0) is 9.59 Å². The van der Waals surface area contributed by atoms with Gasteiger partial charge in [-0.05, 0) is 51.8 Å². The highest BCUT2D eigenvalue weighted by Gasteiger charge is 2.55. The molecule has 32 heavy (non-hydrogen) atoms. The van der Waals surface area contributed by atoms with E-state index >= 15 is 0 Å². The molecule has 2 N–H and O–H groups in total. The van der Waals surface area contributed by atoms with E-state index in [1.165, 1.54) is 0 Å². The number of amides is 2. The molecule has 1 aromatic carbocycles. The molecular weight excluding hydrogens is 410 g/mol. The molecule has 172 valence electrons. The van der Waals surface area contributed by atoms with Crippen molar-refractivity contribution < 1.29 is 19.5 Å². The standard InChI is InChI=1S/C22H29N5O2.CH2O2/c1-25-14-10-22(21(29)26-11-4-5-12-26)9-6-13-27(18(22)15-25)20(28)19-16-7-2-3-8-17(16)23-24-19;2-1-3/h2-3,7-8,18H,4-6,9-15H2,1H3,(H,23,24);1H,(H,2,3)/t18-,22+;/m0./s1. The molecule has 3 saturated heterocycles. The fourth-order valence-electron chi connectivity index (χ4n) is 5.62. The summed E-state index contributed by atoms with van der Waals surface area (Å²) in [7, 11) is 2.09. The Labute approximate surface area is 187 Å². The quantitative estimate of drug-likeness (QED) is 0.688. The van der Waals surface area contributed by atoms with E-state index in [1.807, 2.05) is 29.2 Å². The second-order valence-corrected chi connectivity index (χ2v) is 9.01. The van der Waals surface area contributed by atoms with Gasteiger partial charge in [0.15, 0.2) is 5.69 Å². The number of para-hydroxylation sites is 1. The Bertz CT molecular complexity index is 986. The van der Waals surface area contributed by atoms with Gasteiger partial charge in [0.2, 0.25) is 5.91 Å². The first-order chi connectivity index (χ1) is 15.5. The molecule has 2 amide bonds. The van der Waals surface area contributed by atoms with Crippen LogP contribution in [0.2, 0.25) is 0 Å². The van der Waals surface area contributed by atoms with Gasteiger partial charge in [0.1, 0.15) is 0 Å². The van der Waals surface area contributed by atoms with Gasteiger partial charge < -0.3 is 19.8 Å². The summed E-state index contributed by atoms with van der Waals surface area (Å²) in [5, 5.41) is 15.1.